The fourth-order valence-corrected chi connectivity index (χ4v) is 2.34. The van der Waals surface area contributed by atoms with E-state index in [1.807, 2.05) is 6.92 Å². The van der Waals surface area contributed by atoms with E-state index in [1.165, 1.54) is 6.42 Å². The minimum absolute atomic E-state index is 0. The average Bonchev–Trinajstić information content (AvgIpc) is 2.19. The highest BCUT2D eigenvalue weighted by molar-refractivity contribution is 5.70. The van der Waals surface area contributed by atoms with Gasteiger partial charge in [-0.05, 0) is 26.2 Å². The molecule has 16 heavy (non-hydrogen) atoms. The summed E-state index contributed by atoms with van der Waals surface area (Å²) < 4.78 is 5.70. The number of aliphatic hydroxyl groups excluding tert-OH is 1. The Bertz CT molecular complexity index is 200. The molecule has 4 nitrogen and oxygen atoms in total. The Morgan fingerprint density at radius 3 is 2.44 bits per heavy atom. The van der Waals surface area contributed by atoms with Crippen molar-refractivity contribution in [3.05, 3.63) is 0 Å². The van der Waals surface area contributed by atoms with Crippen LogP contribution in [0.25, 0.3) is 0 Å². The van der Waals surface area contributed by atoms with Crippen LogP contribution in [0.2, 0.25) is 0 Å². The summed E-state index contributed by atoms with van der Waals surface area (Å²) in [4.78, 5) is 11.5. The van der Waals surface area contributed by atoms with Crippen LogP contribution >= 0.6 is 0 Å². The van der Waals surface area contributed by atoms with Gasteiger partial charge in [-0.2, -0.15) is 0 Å². The van der Waals surface area contributed by atoms with Gasteiger partial charge in [-0.15, -0.1) is 0 Å². The summed E-state index contributed by atoms with van der Waals surface area (Å²) in [6.45, 7) is 5.52. The van der Waals surface area contributed by atoms with Crippen molar-refractivity contribution in [2.24, 2.45) is 0 Å². The van der Waals surface area contributed by atoms with E-state index in [9.17, 15) is 4.79 Å². The number of likely N-dealkylation sites (tertiary alicyclic amines) is 1. The van der Waals surface area contributed by atoms with E-state index in [2.05, 4.69) is 0 Å². The van der Waals surface area contributed by atoms with Crippen molar-refractivity contribution in [1.29, 1.82) is 0 Å². The van der Waals surface area contributed by atoms with Gasteiger partial charge in [0.05, 0.1) is 26.3 Å². The van der Waals surface area contributed by atoms with E-state index in [-0.39, 0.29) is 25.0 Å². The fourth-order valence-electron chi connectivity index (χ4n) is 2.34. The summed E-state index contributed by atoms with van der Waals surface area (Å²) in [5.41, 5.74) is 0. The quantitative estimate of drug-likeness (QED) is 0.436. The molecule has 0 aromatic carbocycles. The lowest BCUT2D eigenvalue weighted by atomic mass is 10.1. The zero-order chi connectivity index (χ0) is 11.1. The van der Waals surface area contributed by atoms with Gasteiger partial charge in [-0.3, -0.25) is 0 Å². The summed E-state index contributed by atoms with van der Waals surface area (Å²) in [7, 11) is 0. The topological polar surface area (TPSA) is 46.5 Å². The van der Waals surface area contributed by atoms with E-state index >= 15 is 0 Å². The Morgan fingerprint density at radius 2 is 1.94 bits per heavy atom. The van der Waals surface area contributed by atoms with Crippen LogP contribution in [0.3, 0.4) is 0 Å². The molecular formula is C11H22ClNO3. The molecule has 0 amide bonds. The standard InChI is InChI=1S/C11H22NO3.ClH/c1-2-15-11(14)10-12(8-9-13)6-4-3-5-7-12;/h13H,2-10H2,1H3;1H/q+1;/p-1. The van der Waals surface area contributed by atoms with E-state index in [0.717, 1.165) is 30.4 Å². The highest BCUT2D eigenvalue weighted by atomic mass is 35.5. The summed E-state index contributed by atoms with van der Waals surface area (Å²) in [5.74, 6) is -0.132. The number of carbonyl (C=O) groups is 1. The maximum absolute atomic E-state index is 11.5. The minimum Gasteiger partial charge on any atom is -1.00 e. The molecule has 5 heteroatoms. The molecule has 1 rings (SSSR count). The zero-order valence-electron chi connectivity index (χ0n) is 9.95. The predicted molar refractivity (Wildman–Crippen MR) is 57.3 cm³/mol. The number of aliphatic hydroxyl groups is 1. The number of piperidine rings is 1. The monoisotopic (exact) mass is 251 g/mol. The number of hydrogen-bond donors (Lipinski definition) is 1. The third-order valence-corrected chi connectivity index (χ3v) is 3.11. The lowest BCUT2D eigenvalue weighted by Gasteiger charge is -2.40. The molecule has 0 saturated carbocycles. The van der Waals surface area contributed by atoms with Gasteiger partial charge in [-0.25, -0.2) is 4.79 Å². The number of ether oxygens (including phenoxy) is 1. The summed E-state index contributed by atoms with van der Waals surface area (Å²) in [5, 5.41) is 9.06. The molecule has 0 aromatic rings. The van der Waals surface area contributed by atoms with Gasteiger partial charge in [0.2, 0.25) is 0 Å². The Hall–Kier alpha value is -0.320. The first kappa shape index (κ1) is 15.7. The van der Waals surface area contributed by atoms with Crippen molar-refractivity contribution in [2.75, 3.05) is 39.4 Å². The van der Waals surface area contributed by atoms with Crippen LogP contribution in [0.1, 0.15) is 26.2 Å². The average molecular weight is 252 g/mol. The van der Waals surface area contributed by atoms with Crippen molar-refractivity contribution in [2.45, 2.75) is 26.2 Å². The lowest BCUT2D eigenvalue weighted by molar-refractivity contribution is -0.926. The maximum Gasteiger partial charge on any atom is 0.361 e. The molecule has 0 spiro atoms. The van der Waals surface area contributed by atoms with Gasteiger partial charge in [0.15, 0.2) is 6.54 Å². The van der Waals surface area contributed by atoms with Crippen LogP contribution < -0.4 is 12.4 Å². The molecule has 0 atom stereocenters. The fraction of sp³-hybridized carbons (Fsp3) is 0.909. The molecule has 0 radical (unpaired) electrons. The van der Waals surface area contributed by atoms with Crippen molar-refractivity contribution >= 4 is 5.97 Å². The molecule has 96 valence electrons. The molecule has 1 aliphatic rings. The predicted octanol–water partition coefficient (Wildman–Crippen LogP) is -2.45. The summed E-state index contributed by atoms with van der Waals surface area (Å²) in [6.07, 6.45) is 3.55. The van der Waals surface area contributed by atoms with E-state index in [1.54, 1.807) is 0 Å². The Kier molecular flexibility index (Phi) is 7.72. The molecule has 0 bridgehead atoms. The van der Waals surface area contributed by atoms with Crippen molar-refractivity contribution < 1.29 is 31.5 Å². The van der Waals surface area contributed by atoms with Crippen LogP contribution in [0, 0.1) is 0 Å². The molecule has 1 heterocycles. The third kappa shape index (κ3) is 4.68. The number of quaternary nitrogens is 1. The minimum atomic E-state index is -0.132. The number of halogens is 1. The molecule has 0 aromatic heterocycles. The number of nitrogens with zero attached hydrogens (tertiary/aromatic N) is 1. The number of esters is 1. The van der Waals surface area contributed by atoms with Gasteiger partial charge in [0.1, 0.15) is 6.54 Å². The van der Waals surface area contributed by atoms with Crippen LogP contribution in [0.15, 0.2) is 0 Å². The maximum atomic E-state index is 11.5. The molecule has 1 N–H and O–H groups in total. The normalized spacial score (nSPS) is 18.6. The highest BCUT2D eigenvalue weighted by Crippen LogP contribution is 2.18. The third-order valence-electron chi connectivity index (χ3n) is 3.11. The summed E-state index contributed by atoms with van der Waals surface area (Å²) in [6, 6.07) is 0. The van der Waals surface area contributed by atoms with Crippen molar-refractivity contribution in [3.63, 3.8) is 0 Å². The smallest absolute Gasteiger partial charge is 0.361 e. The SMILES string of the molecule is CCOC(=O)C[N+]1(CCO)CCCCC1.[Cl-]. The first-order valence-electron chi connectivity index (χ1n) is 5.84. The largest absolute Gasteiger partial charge is 1.00 e. The first-order chi connectivity index (χ1) is 7.22. The molecule has 1 aliphatic heterocycles. The lowest BCUT2D eigenvalue weighted by Crippen LogP contribution is -3.00. The zero-order valence-corrected chi connectivity index (χ0v) is 10.7. The Labute approximate surface area is 104 Å². The second-order valence-corrected chi connectivity index (χ2v) is 4.26. The van der Waals surface area contributed by atoms with E-state index in [0.29, 0.717) is 19.7 Å². The second kappa shape index (κ2) is 7.87. The molecule has 0 unspecified atom stereocenters. The molecule has 1 saturated heterocycles. The van der Waals surface area contributed by atoms with Gasteiger partial charge in [0, 0.05) is 0 Å². The van der Waals surface area contributed by atoms with Crippen LogP contribution in [0.5, 0.6) is 0 Å². The van der Waals surface area contributed by atoms with Crippen molar-refractivity contribution in [3.8, 4) is 0 Å². The number of carbonyl (C=O) groups excluding carboxylic acids is 1. The number of hydrogen-bond acceptors (Lipinski definition) is 3. The highest BCUT2D eigenvalue weighted by Gasteiger charge is 2.32. The van der Waals surface area contributed by atoms with Crippen LogP contribution in [0.4, 0.5) is 0 Å². The Morgan fingerprint density at radius 1 is 1.31 bits per heavy atom. The summed E-state index contributed by atoms with van der Waals surface area (Å²) >= 11 is 0. The van der Waals surface area contributed by atoms with E-state index < -0.39 is 0 Å². The van der Waals surface area contributed by atoms with Gasteiger partial charge < -0.3 is 26.7 Å². The Balaban J connectivity index is 0.00000225. The number of rotatable bonds is 5. The van der Waals surface area contributed by atoms with Crippen molar-refractivity contribution in [1.82, 2.24) is 0 Å². The molecular weight excluding hydrogens is 230 g/mol. The second-order valence-electron chi connectivity index (χ2n) is 4.26. The van der Waals surface area contributed by atoms with Gasteiger partial charge in [0.25, 0.3) is 0 Å². The van der Waals surface area contributed by atoms with Gasteiger partial charge in [-0.1, -0.05) is 0 Å². The van der Waals surface area contributed by atoms with E-state index in [4.69, 9.17) is 9.84 Å². The van der Waals surface area contributed by atoms with Gasteiger partial charge >= 0.3 is 5.97 Å². The first-order valence-corrected chi connectivity index (χ1v) is 5.84. The molecule has 1 fully saturated rings. The molecule has 0 aliphatic carbocycles. The van der Waals surface area contributed by atoms with Crippen LogP contribution in [-0.4, -0.2) is 55.0 Å². The van der Waals surface area contributed by atoms with Crippen LogP contribution in [-0.2, 0) is 9.53 Å².